The zero-order valence-corrected chi connectivity index (χ0v) is 12.9. The van der Waals surface area contributed by atoms with Gasteiger partial charge in [0.15, 0.2) is 5.78 Å². The average Bonchev–Trinajstić information content (AvgIpc) is 2.86. The number of ketones is 1. The highest BCUT2D eigenvalue weighted by Crippen LogP contribution is 2.18. The van der Waals surface area contributed by atoms with Crippen molar-refractivity contribution >= 4 is 17.5 Å². The molecule has 4 nitrogen and oxygen atoms in total. The lowest BCUT2D eigenvalue weighted by Gasteiger charge is -2.08. The minimum atomic E-state index is 0.172. The maximum absolute atomic E-state index is 12.0. The molecule has 0 amide bonds. The Kier molecular flexibility index (Phi) is 4.95. The number of hydrogen-bond acceptors (Lipinski definition) is 4. The Labute approximate surface area is 123 Å². The van der Waals surface area contributed by atoms with Crippen LogP contribution in [0.4, 0.5) is 0 Å². The Bertz CT molecular complexity index is 575. The first-order chi connectivity index (χ1) is 9.56. The summed E-state index contributed by atoms with van der Waals surface area (Å²) in [6.07, 6.45) is 1.85. The first-order valence-electron chi connectivity index (χ1n) is 6.66. The zero-order chi connectivity index (χ0) is 14.5. The predicted molar refractivity (Wildman–Crippen MR) is 81.0 cm³/mol. The second kappa shape index (κ2) is 6.70. The van der Waals surface area contributed by atoms with Crippen LogP contribution < -0.4 is 0 Å². The highest BCUT2D eigenvalue weighted by molar-refractivity contribution is 8.00. The van der Waals surface area contributed by atoms with Crippen LogP contribution in [0.1, 0.15) is 31.3 Å². The van der Waals surface area contributed by atoms with E-state index in [4.69, 9.17) is 0 Å². The van der Waals surface area contributed by atoms with Crippen LogP contribution in [0.2, 0.25) is 0 Å². The van der Waals surface area contributed by atoms with Crippen molar-refractivity contribution in [1.29, 1.82) is 0 Å². The Morgan fingerprint density at radius 3 is 2.65 bits per heavy atom. The Morgan fingerprint density at radius 1 is 1.30 bits per heavy atom. The van der Waals surface area contributed by atoms with Gasteiger partial charge in [-0.3, -0.25) is 4.79 Å². The van der Waals surface area contributed by atoms with Crippen molar-refractivity contribution in [1.82, 2.24) is 14.8 Å². The third-order valence-electron chi connectivity index (χ3n) is 2.91. The molecule has 2 aromatic rings. The molecule has 106 valence electrons. The van der Waals surface area contributed by atoms with Crippen molar-refractivity contribution in [2.45, 2.75) is 38.1 Å². The van der Waals surface area contributed by atoms with E-state index in [0.717, 1.165) is 10.7 Å². The van der Waals surface area contributed by atoms with Gasteiger partial charge in [-0.2, -0.15) is 5.10 Å². The molecule has 5 heteroatoms. The highest BCUT2D eigenvalue weighted by atomic mass is 32.2. The predicted octanol–water partition coefficient (Wildman–Crippen LogP) is 3.07. The molecule has 0 aliphatic rings. The minimum Gasteiger partial charge on any atom is -0.298 e. The second-order valence-corrected chi connectivity index (χ2v) is 6.08. The summed E-state index contributed by atoms with van der Waals surface area (Å²) in [7, 11) is 0. The Hall–Kier alpha value is -1.62. The van der Waals surface area contributed by atoms with Crippen molar-refractivity contribution in [2.75, 3.05) is 5.75 Å². The number of nitrogens with zero attached hydrogens (tertiary/aromatic N) is 3. The highest BCUT2D eigenvalue weighted by Gasteiger charge is 2.12. The standard InChI is InChI=1S/C15H19N3OS/c1-11(2)18-15(16-10-17-18)8-13(19)9-20-14-6-4-12(3)5-7-14/h4-7,10-11H,8-9H2,1-3H3. The number of carbonyl (C=O) groups excluding carboxylic acids is 1. The van der Waals surface area contributed by atoms with Gasteiger partial charge in [0.2, 0.25) is 0 Å². The fourth-order valence-corrected chi connectivity index (χ4v) is 2.62. The number of Topliss-reactive ketones (excluding diaryl/α,β-unsaturated/α-hetero) is 1. The van der Waals surface area contributed by atoms with E-state index in [0.29, 0.717) is 12.2 Å². The molecule has 0 saturated heterocycles. The van der Waals surface area contributed by atoms with Crippen molar-refractivity contribution in [3.05, 3.63) is 42.0 Å². The Balaban J connectivity index is 1.89. The summed E-state index contributed by atoms with van der Waals surface area (Å²) >= 11 is 1.57. The van der Waals surface area contributed by atoms with Gasteiger partial charge in [0.25, 0.3) is 0 Å². The number of thioether (sulfide) groups is 1. The molecule has 0 radical (unpaired) electrons. The zero-order valence-electron chi connectivity index (χ0n) is 12.0. The summed E-state index contributed by atoms with van der Waals surface area (Å²) in [6.45, 7) is 6.12. The minimum absolute atomic E-state index is 0.172. The lowest BCUT2D eigenvalue weighted by molar-refractivity contribution is -0.116. The maximum atomic E-state index is 12.0. The quantitative estimate of drug-likeness (QED) is 0.767. The molecule has 0 atom stereocenters. The average molecular weight is 289 g/mol. The van der Waals surface area contributed by atoms with E-state index in [1.54, 1.807) is 16.4 Å². The second-order valence-electron chi connectivity index (χ2n) is 5.03. The van der Waals surface area contributed by atoms with E-state index < -0.39 is 0 Å². The number of rotatable bonds is 6. The van der Waals surface area contributed by atoms with Gasteiger partial charge in [-0.05, 0) is 32.9 Å². The summed E-state index contributed by atoms with van der Waals surface area (Å²) in [4.78, 5) is 17.3. The van der Waals surface area contributed by atoms with Gasteiger partial charge in [0.1, 0.15) is 12.2 Å². The molecule has 1 aromatic carbocycles. The molecule has 0 aliphatic carbocycles. The smallest absolute Gasteiger partial charge is 0.150 e. The van der Waals surface area contributed by atoms with Crippen LogP contribution in [-0.2, 0) is 11.2 Å². The van der Waals surface area contributed by atoms with Crippen molar-refractivity contribution in [3.8, 4) is 0 Å². The summed E-state index contributed by atoms with van der Waals surface area (Å²) in [5, 5.41) is 4.14. The fourth-order valence-electron chi connectivity index (χ4n) is 1.86. The van der Waals surface area contributed by atoms with Crippen LogP contribution in [0.15, 0.2) is 35.5 Å². The van der Waals surface area contributed by atoms with Crippen LogP contribution in [0, 0.1) is 6.92 Å². The fraction of sp³-hybridized carbons (Fsp3) is 0.400. The van der Waals surface area contributed by atoms with E-state index >= 15 is 0 Å². The summed E-state index contributed by atoms with van der Waals surface area (Å²) in [5.41, 5.74) is 1.23. The molecule has 0 fully saturated rings. The largest absolute Gasteiger partial charge is 0.298 e. The van der Waals surface area contributed by atoms with E-state index in [-0.39, 0.29) is 11.8 Å². The summed E-state index contributed by atoms with van der Waals surface area (Å²) in [6, 6.07) is 8.43. The third-order valence-corrected chi connectivity index (χ3v) is 3.98. The number of aryl methyl sites for hydroxylation is 1. The van der Waals surface area contributed by atoms with Crippen molar-refractivity contribution < 1.29 is 4.79 Å². The molecule has 1 heterocycles. The van der Waals surface area contributed by atoms with Crippen LogP contribution in [0.3, 0.4) is 0 Å². The summed E-state index contributed by atoms with van der Waals surface area (Å²) in [5.74, 6) is 1.38. The number of aromatic nitrogens is 3. The van der Waals surface area contributed by atoms with Gasteiger partial charge in [-0.15, -0.1) is 11.8 Å². The maximum Gasteiger partial charge on any atom is 0.150 e. The van der Waals surface area contributed by atoms with Gasteiger partial charge >= 0.3 is 0 Å². The van der Waals surface area contributed by atoms with Crippen LogP contribution >= 0.6 is 11.8 Å². The van der Waals surface area contributed by atoms with E-state index in [1.807, 2.05) is 26.0 Å². The normalized spacial score (nSPS) is 11.0. The van der Waals surface area contributed by atoms with Gasteiger partial charge in [-0.1, -0.05) is 17.7 Å². The summed E-state index contributed by atoms with van der Waals surface area (Å²) < 4.78 is 1.80. The van der Waals surface area contributed by atoms with Gasteiger partial charge in [0.05, 0.1) is 12.2 Å². The molecule has 0 unspecified atom stereocenters. The molecular formula is C15H19N3OS. The number of benzene rings is 1. The molecule has 0 spiro atoms. The van der Waals surface area contributed by atoms with E-state index in [2.05, 4.69) is 29.1 Å². The lowest BCUT2D eigenvalue weighted by Crippen LogP contribution is -2.14. The third kappa shape index (κ3) is 3.93. The first kappa shape index (κ1) is 14.8. The Morgan fingerprint density at radius 2 is 2.00 bits per heavy atom. The van der Waals surface area contributed by atoms with E-state index in [1.165, 1.54) is 11.9 Å². The van der Waals surface area contributed by atoms with Gasteiger partial charge in [-0.25, -0.2) is 9.67 Å². The van der Waals surface area contributed by atoms with Crippen LogP contribution in [0.5, 0.6) is 0 Å². The SMILES string of the molecule is Cc1ccc(SCC(=O)Cc2ncnn2C(C)C)cc1. The molecule has 0 N–H and O–H groups in total. The van der Waals surface area contributed by atoms with Gasteiger partial charge < -0.3 is 0 Å². The first-order valence-corrected chi connectivity index (χ1v) is 7.64. The monoisotopic (exact) mass is 289 g/mol. The van der Waals surface area contributed by atoms with Crippen LogP contribution in [0.25, 0.3) is 0 Å². The van der Waals surface area contributed by atoms with Gasteiger partial charge in [0, 0.05) is 10.9 Å². The van der Waals surface area contributed by atoms with E-state index in [9.17, 15) is 4.79 Å². The number of hydrogen-bond donors (Lipinski definition) is 0. The number of carbonyl (C=O) groups is 1. The molecule has 1 aromatic heterocycles. The van der Waals surface area contributed by atoms with Crippen LogP contribution in [-0.4, -0.2) is 26.3 Å². The molecule has 2 rings (SSSR count). The lowest BCUT2D eigenvalue weighted by atomic mass is 10.2. The van der Waals surface area contributed by atoms with Crippen molar-refractivity contribution in [2.24, 2.45) is 0 Å². The van der Waals surface area contributed by atoms with Crippen molar-refractivity contribution in [3.63, 3.8) is 0 Å². The molecular weight excluding hydrogens is 270 g/mol. The topological polar surface area (TPSA) is 47.8 Å². The molecule has 0 bridgehead atoms. The molecule has 0 saturated carbocycles. The molecule has 20 heavy (non-hydrogen) atoms. The molecule has 0 aliphatic heterocycles.